The Balaban J connectivity index is 2.48. The largest absolute Gasteiger partial charge is 0.268 e. The molecule has 1 aromatic heterocycles. The van der Waals surface area contributed by atoms with Gasteiger partial charge in [-0.3, -0.25) is 9.29 Å². The summed E-state index contributed by atoms with van der Waals surface area (Å²) < 4.78 is 26.4. The topological polar surface area (TPSA) is 50.3 Å². The zero-order valence-electron chi connectivity index (χ0n) is 11.2. The Morgan fingerprint density at radius 1 is 1.16 bits per heavy atom. The van der Waals surface area contributed by atoms with Crippen molar-refractivity contribution in [3.63, 3.8) is 0 Å². The van der Waals surface area contributed by atoms with E-state index in [1.807, 2.05) is 13.0 Å². The summed E-state index contributed by atoms with van der Waals surface area (Å²) in [5.74, 6) is 0. The number of hydrogen-bond acceptors (Lipinski definition) is 3. The Morgan fingerprint density at radius 2 is 1.89 bits per heavy atom. The van der Waals surface area contributed by atoms with Gasteiger partial charge in [0.05, 0.1) is 16.8 Å². The van der Waals surface area contributed by atoms with Gasteiger partial charge in [0.2, 0.25) is 0 Å². The minimum absolute atomic E-state index is 0.324. The third-order valence-electron chi connectivity index (χ3n) is 2.98. The first-order valence-corrected chi connectivity index (χ1v) is 7.33. The number of benzene rings is 1. The van der Waals surface area contributed by atoms with E-state index in [1.54, 1.807) is 37.4 Å². The number of anilines is 1. The average Bonchev–Trinajstić information content (AvgIpc) is 2.38. The maximum atomic E-state index is 12.6. The Hall–Kier alpha value is -1.88. The highest BCUT2D eigenvalue weighted by atomic mass is 32.2. The summed E-state index contributed by atoms with van der Waals surface area (Å²) >= 11 is 0. The summed E-state index contributed by atoms with van der Waals surface area (Å²) in [7, 11) is -2.01. The number of rotatable bonds is 3. The predicted octanol–water partition coefficient (Wildman–Crippen LogP) is 2.52. The Morgan fingerprint density at radius 3 is 2.47 bits per heavy atom. The first kappa shape index (κ1) is 13.5. The number of sulfonamides is 1. The average molecular weight is 276 g/mol. The number of pyridine rings is 1. The Bertz CT molecular complexity index is 682. The molecule has 0 saturated carbocycles. The smallest absolute Gasteiger partial charge is 0.264 e. The highest BCUT2D eigenvalue weighted by Crippen LogP contribution is 2.24. The third kappa shape index (κ3) is 2.61. The van der Waals surface area contributed by atoms with E-state index in [2.05, 4.69) is 4.98 Å². The molecule has 5 heteroatoms. The SMILES string of the molecule is Cc1ccc(S(=O)(=O)N(C)c2cccnc2)c(C)c1. The molecule has 100 valence electrons. The normalized spacial score (nSPS) is 11.3. The molecule has 0 bridgehead atoms. The van der Waals surface area contributed by atoms with Crippen LogP contribution in [0.2, 0.25) is 0 Å². The lowest BCUT2D eigenvalue weighted by molar-refractivity contribution is 0.593. The summed E-state index contributed by atoms with van der Waals surface area (Å²) in [5, 5.41) is 0. The molecule has 0 aliphatic heterocycles. The molecular weight excluding hydrogens is 260 g/mol. The highest BCUT2D eigenvalue weighted by Gasteiger charge is 2.23. The van der Waals surface area contributed by atoms with Crippen molar-refractivity contribution in [3.05, 3.63) is 53.9 Å². The highest BCUT2D eigenvalue weighted by molar-refractivity contribution is 7.92. The van der Waals surface area contributed by atoms with Gasteiger partial charge in [0, 0.05) is 13.2 Å². The van der Waals surface area contributed by atoms with Crippen molar-refractivity contribution in [1.82, 2.24) is 4.98 Å². The molecule has 0 spiro atoms. The first-order valence-electron chi connectivity index (χ1n) is 5.89. The van der Waals surface area contributed by atoms with Gasteiger partial charge in [-0.1, -0.05) is 17.7 Å². The van der Waals surface area contributed by atoms with Crippen LogP contribution in [0, 0.1) is 13.8 Å². The first-order chi connectivity index (χ1) is 8.93. The van der Waals surface area contributed by atoms with Gasteiger partial charge >= 0.3 is 0 Å². The number of hydrogen-bond donors (Lipinski definition) is 0. The van der Waals surface area contributed by atoms with Crippen LogP contribution in [0.15, 0.2) is 47.6 Å². The molecule has 0 saturated heterocycles. The molecule has 0 aliphatic rings. The van der Waals surface area contributed by atoms with Gasteiger partial charge in [-0.05, 0) is 37.6 Å². The molecule has 0 aliphatic carbocycles. The second kappa shape index (κ2) is 5.01. The van der Waals surface area contributed by atoms with Gasteiger partial charge < -0.3 is 0 Å². The maximum absolute atomic E-state index is 12.6. The minimum atomic E-state index is -3.55. The lowest BCUT2D eigenvalue weighted by atomic mass is 10.2. The van der Waals surface area contributed by atoms with E-state index in [0.29, 0.717) is 10.6 Å². The van der Waals surface area contributed by atoms with E-state index in [1.165, 1.54) is 17.5 Å². The van der Waals surface area contributed by atoms with Gasteiger partial charge in [-0.2, -0.15) is 0 Å². The van der Waals surface area contributed by atoms with Crippen LogP contribution in [0.3, 0.4) is 0 Å². The fourth-order valence-electron chi connectivity index (χ4n) is 1.92. The molecule has 0 fully saturated rings. The van der Waals surface area contributed by atoms with E-state index in [9.17, 15) is 8.42 Å². The Labute approximate surface area is 113 Å². The molecular formula is C14H16N2O2S. The summed E-state index contributed by atoms with van der Waals surface area (Å²) in [4.78, 5) is 4.27. The zero-order chi connectivity index (χ0) is 14.0. The van der Waals surface area contributed by atoms with Gasteiger partial charge in [0.1, 0.15) is 0 Å². The van der Waals surface area contributed by atoms with E-state index in [0.717, 1.165) is 11.1 Å². The van der Waals surface area contributed by atoms with Crippen molar-refractivity contribution in [3.8, 4) is 0 Å². The van der Waals surface area contributed by atoms with Crippen LogP contribution >= 0.6 is 0 Å². The molecule has 2 aromatic rings. The van der Waals surface area contributed by atoms with Gasteiger partial charge in [0.15, 0.2) is 0 Å². The van der Waals surface area contributed by atoms with E-state index in [-0.39, 0.29) is 0 Å². The van der Waals surface area contributed by atoms with Crippen LogP contribution in [-0.4, -0.2) is 20.4 Å². The summed E-state index contributed by atoms with van der Waals surface area (Å²) in [6.45, 7) is 3.74. The maximum Gasteiger partial charge on any atom is 0.264 e. The van der Waals surface area contributed by atoms with Crippen molar-refractivity contribution >= 4 is 15.7 Å². The minimum Gasteiger partial charge on any atom is -0.268 e. The fourth-order valence-corrected chi connectivity index (χ4v) is 3.30. The van der Waals surface area contributed by atoms with Crippen LogP contribution in [0.1, 0.15) is 11.1 Å². The van der Waals surface area contributed by atoms with Crippen molar-refractivity contribution in [1.29, 1.82) is 0 Å². The second-order valence-electron chi connectivity index (χ2n) is 4.45. The molecule has 0 N–H and O–H groups in total. The van der Waals surface area contributed by atoms with E-state index >= 15 is 0 Å². The summed E-state index contributed by atoms with van der Waals surface area (Å²) in [5.41, 5.74) is 2.33. The van der Waals surface area contributed by atoms with Crippen LogP contribution < -0.4 is 4.31 Å². The molecule has 0 amide bonds. The van der Waals surface area contributed by atoms with E-state index in [4.69, 9.17) is 0 Å². The summed E-state index contributed by atoms with van der Waals surface area (Å²) in [6.07, 6.45) is 3.14. The number of aryl methyl sites for hydroxylation is 2. The monoisotopic (exact) mass is 276 g/mol. The lowest BCUT2D eigenvalue weighted by Gasteiger charge is -2.20. The predicted molar refractivity (Wildman–Crippen MR) is 75.7 cm³/mol. The molecule has 0 radical (unpaired) electrons. The molecule has 19 heavy (non-hydrogen) atoms. The van der Waals surface area contributed by atoms with Crippen LogP contribution in [0.4, 0.5) is 5.69 Å². The second-order valence-corrected chi connectivity index (χ2v) is 6.39. The van der Waals surface area contributed by atoms with E-state index < -0.39 is 10.0 Å². The molecule has 4 nitrogen and oxygen atoms in total. The third-order valence-corrected chi connectivity index (χ3v) is 4.92. The standard InChI is InChI=1S/C14H16N2O2S/c1-11-6-7-14(12(2)9-11)19(17,18)16(3)13-5-4-8-15-10-13/h4-10H,1-3H3. The van der Waals surface area contributed by atoms with Crippen molar-refractivity contribution < 1.29 is 8.42 Å². The molecule has 0 unspecified atom stereocenters. The quantitative estimate of drug-likeness (QED) is 0.865. The van der Waals surface area contributed by atoms with Crippen LogP contribution in [-0.2, 0) is 10.0 Å². The summed E-state index contributed by atoms with van der Waals surface area (Å²) in [6, 6.07) is 8.74. The lowest BCUT2D eigenvalue weighted by Crippen LogP contribution is -2.27. The van der Waals surface area contributed by atoms with Crippen molar-refractivity contribution in [2.24, 2.45) is 0 Å². The van der Waals surface area contributed by atoms with Crippen molar-refractivity contribution in [2.45, 2.75) is 18.7 Å². The number of nitrogens with zero attached hydrogens (tertiary/aromatic N) is 2. The zero-order valence-corrected chi connectivity index (χ0v) is 12.0. The fraction of sp³-hybridized carbons (Fsp3) is 0.214. The molecule has 1 aromatic carbocycles. The van der Waals surface area contributed by atoms with Crippen molar-refractivity contribution in [2.75, 3.05) is 11.4 Å². The van der Waals surface area contributed by atoms with Gasteiger partial charge in [-0.25, -0.2) is 8.42 Å². The van der Waals surface area contributed by atoms with Gasteiger partial charge in [-0.15, -0.1) is 0 Å². The van der Waals surface area contributed by atoms with Crippen LogP contribution in [0.5, 0.6) is 0 Å². The van der Waals surface area contributed by atoms with Gasteiger partial charge in [0.25, 0.3) is 10.0 Å². The Kier molecular flexibility index (Phi) is 3.57. The van der Waals surface area contributed by atoms with Crippen LogP contribution in [0.25, 0.3) is 0 Å². The molecule has 0 atom stereocenters. The molecule has 1 heterocycles. The molecule has 2 rings (SSSR count). The number of aromatic nitrogens is 1.